The van der Waals surface area contributed by atoms with Gasteiger partial charge in [0.25, 0.3) is 5.91 Å². The van der Waals surface area contributed by atoms with E-state index < -0.39 is 23.3 Å². The summed E-state index contributed by atoms with van der Waals surface area (Å²) in [7, 11) is 0. The smallest absolute Gasteiger partial charge is 0.352 e. The molecule has 1 unspecified atom stereocenters. The number of hydrogen-bond acceptors (Lipinski definition) is 4. The Morgan fingerprint density at radius 3 is 2.79 bits per heavy atom. The van der Waals surface area contributed by atoms with E-state index in [4.69, 9.17) is 17.3 Å². The molecule has 0 radical (unpaired) electrons. The summed E-state index contributed by atoms with van der Waals surface area (Å²) in [6.45, 7) is 1.89. The van der Waals surface area contributed by atoms with Crippen molar-refractivity contribution >= 4 is 17.5 Å². The summed E-state index contributed by atoms with van der Waals surface area (Å²) in [6.07, 6.45) is -2.25. The first-order valence-electron chi connectivity index (χ1n) is 7.01. The van der Waals surface area contributed by atoms with Gasteiger partial charge < -0.3 is 11.1 Å². The molecular weight excluding hydrogens is 347 g/mol. The SMILES string of the molecule is CC(N)CCNC(=O)c1cnn(-c2ncccc2Cl)c1C(F)(F)F. The van der Waals surface area contributed by atoms with Gasteiger partial charge in [0.2, 0.25) is 0 Å². The molecule has 10 heteroatoms. The number of rotatable bonds is 5. The summed E-state index contributed by atoms with van der Waals surface area (Å²) < 4.78 is 40.8. The zero-order valence-corrected chi connectivity index (χ0v) is 13.4. The van der Waals surface area contributed by atoms with Crippen molar-refractivity contribution in [2.24, 2.45) is 5.73 Å². The van der Waals surface area contributed by atoms with Crippen LogP contribution in [0.2, 0.25) is 5.02 Å². The third-order valence-corrected chi connectivity index (χ3v) is 3.40. The fourth-order valence-electron chi connectivity index (χ4n) is 1.99. The number of nitrogens with zero attached hydrogens (tertiary/aromatic N) is 3. The fraction of sp³-hybridized carbons (Fsp3) is 0.357. The first kappa shape index (κ1) is 18.2. The minimum absolute atomic E-state index is 0.0185. The van der Waals surface area contributed by atoms with Gasteiger partial charge in [-0.1, -0.05) is 11.6 Å². The minimum atomic E-state index is -4.81. The number of hydrogen-bond donors (Lipinski definition) is 2. The molecule has 6 nitrogen and oxygen atoms in total. The van der Waals surface area contributed by atoms with Crippen molar-refractivity contribution in [2.45, 2.75) is 25.6 Å². The average molecular weight is 362 g/mol. The summed E-state index contributed by atoms with van der Waals surface area (Å²) in [4.78, 5) is 15.9. The van der Waals surface area contributed by atoms with Crippen LogP contribution in [0.15, 0.2) is 24.5 Å². The molecule has 0 saturated heterocycles. The van der Waals surface area contributed by atoms with Gasteiger partial charge in [-0.3, -0.25) is 4.79 Å². The minimum Gasteiger partial charge on any atom is -0.352 e. The van der Waals surface area contributed by atoms with E-state index in [0.29, 0.717) is 11.1 Å². The Kier molecular flexibility index (Phi) is 5.45. The van der Waals surface area contributed by atoms with Gasteiger partial charge in [0, 0.05) is 18.8 Å². The maximum atomic E-state index is 13.4. The highest BCUT2D eigenvalue weighted by molar-refractivity contribution is 6.32. The third-order valence-electron chi connectivity index (χ3n) is 3.11. The maximum Gasteiger partial charge on any atom is 0.434 e. The molecule has 24 heavy (non-hydrogen) atoms. The van der Waals surface area contributed by atoms with E-state index in [2.05, 4.69) is 15.4 Å². The molecular formula is C14H15ClF3N5O. The zero-order valence-electron chi connectivity index (χ0n) is 12.6. The van der Waals surface area contributed by atoms with Gasteiger partial charge in [0.15, 0.2) is 11.5 Å². The van der Waals surface area contributed by atoms with Crippen molar-refractivity contribution in [3.63, 3.8) is 0 Å². The molecule has 0 saturated carbocycles. The molecule has 0 bridgehead atoms. The molecule has 1 amide bonds. The molecule has 1 atom stereocenters. The van der Waals surface area contributed by atoms with Crippen LogP contribution in [0.4, 0.5) is 13.2 Å². The van der Waals surface area contributed by atoms with Crippen LogP contribution in [-0.2, 0) is 6.18 Å². The van der Waals surface area contributed by atoms with Gasteiger partial charge in [-0.2, -0.15) is 18.3 Å². The standard InChI is InChI=1S/C14H15ClF3N5O/c1-8(19)4-6-21-13(24)9-7-22-23(11(9)14(16,17)18)12-10(15)3-2-5-20-12/h2-3,5,7-8H,4,6,19H2,1H3,(H,21,24). The average Bonchev–Trinajstić information content (AvgIpc) is 2.92. The second kappa shape index (κ2) is 7.18. The van der Waals surface area contributed by atoms with E-state index in [0.717, 1.165) is 6.20 Å². The van der Waals surface area contributed by atoms with Gasteiger partial charge in [0.1, 0.15) is 0 Å². The Morgan fingerprint density at radius 1 is 1.50 bits per heavy atom. The number of nitrogens with one attached hydrogen (secondary N) is 1. The van der Waals surface area contributed by atoms with Crippen LogP contribution in [0.1, 0.15) is 29.4 Å². The van der Waals surface area contributed by atoms with Gasteiger partial charge in [0.05, 0.1) is 16.8 Å². The number of halogens is 4. The van der Waals surface area contributed by atoms with Crippen molar-refractivity contribution in [3.05, 3.63) is 40.8 Å². The molecule has 0 fully saturated rings. The first-order chi connectivity index (χ1) is 11.2. The lowest BCUT2D eigenvalue weighted by molar-refractivity contribution is -0.143. The highest BCUT2D eigenvalue weighted by Gasteiger charge is 2.41. The molecule has 2 aromatic rings. The molecule has 0 aliphatic heterocycles. The van der Waals surface area contributed by atoms with E-state index >= 15 is 0 Å². The lowest BCUT2D eigenvalue weighted by atomic mass is 10.2. The molecule has 2 aromatic heterocycles. The quantitative estimate of drug-likeness (QED) is 0.856. The Labute approximate surface area is 140 Å². The molecule has 0 aromatic carbocycles. The molecule has 2 heterocycles. The number of nitrogens with two attached hydrogens (primary N) is 1. The van der Waals surface area contributed by atoms with Gasteiger partial charge in [-0.25, -0.2) is 9.67 Å². The van der Waals surface area contributed by atoms with Crippen molar-refractivity contribution in [3.8, 4) is 5.82 Å². The van der Waals surface area contributed by atoms with Crippen molar-refractivity contribution in [1.29, 1.82) is 0 Å². The summed E-state index contributed by atoms with van der Waals surface area (Å²) in [5, 5.41) is 6.02. The zero-order chi connectivity index (χ0) is 17.9. The van der Waals surface area contributed by atoms with Crippen molar-refractivity contribution < 1.29 is 18.0 Å². The second-order valence-electron chi connectivity index (χ2n) is 5.15. The highest BCUT2D eigenvalue weighted by atomic mass is 35.5. The molecule has 0 aliphatic rings. The molecule has 130 valence electrons. The Bertz CT molecular complexity index is 729. The highest BCUT2D eigenvalue weighted by Crippen LogP contribution is 2.34. The van der Waals surface area contributed by atoms with Crippen LogP contribution in [-0.4, -0.2) is 33.3 Å². The lowest BCUT2D eigenvalue weighted by Gasteiger charge is -2.13. The molecule has 2 rings (SSSR count). The number of pyridine rings is 1. The third kappa shape index (κ3) is 4.04. The van der Waals surface area contributed by atoms with Crippen LogP contribution in [0.3, 0.4) is 0 Å². The van der Waals surface area contributed by atoms with Crippen LogP contribution in [0.5, 0.6) is 0 Å². The topological polar surface area (TPSA) is 85.8 Å². The van der Waals surface area contributed by atoms with Crippen LogP contribution < -0.4 is 11.1 Å². The number of aromatic nitrogens is 3. The van der Waals surface area contributed by atoms with E-state index in [-0.39, 0.29) is 23.4 Å². The first-order valence-corrected chi connectivity index (χ1v) is 7.39. The van der Waals surface area contributed by atoms with E-state index in [1.54, 1.807) is 6.92 Å². The van der Waals surface area contributed by atoms with Gasteiger partial charge in [-0.05, 0) is 25.5 Å². The van der Waals surface area contributed by atoms with E-state index in [1.165, 1.54) is 18.3 Å². The lowest BCUT2D eigenvalue weighted by Crippen LogP contribution is -2.30. The predicted octanol–water partition coefficient (Wildman–Crippen LogP) is 2.41. The summed E-state index contributed by atoms with van der Waals surface area (Å²) in [6, 6.07) is 2.68. The second-order valence-corrected chi connectivity index (χ2v) is 5.55. The number of carbonyl (C=O) groups is 1. The fourth-order valence-corrected chi connectivity index (χ4v) is 2.19. The Morgan fingerprint density at radius 2 is 2.21 bits per heavy atom. The van der Waals surface area contributed by atoms with E-state index in [9.17, 15) is 18.0 Å². The monoisotopic (exact) mass is 361 g/mol. The number of alkyl halides is 3. The number of carbonyl (C=O) groups excluding carboxylic acids is 1. The van der Waals surface area contributed by atoms with Crippen LogP contribution >= 0.6 is 11.6 Å². The molecule has 3 N–H and O–H groups in total. The normalized spacial score (nSPS) is 12.9. The van der Waals surface area contributed by atoms with Crippen LogP contribution in [0.25, 0.3) is 5.82 Å². The number of amides is 1. The summed E-state index contributed by atoms with van der Waals surface area (Å²) in [5.41, 5.74) is 3.70. The van der Waals surface area contributed by atoms with Crippen LogP contribution in [0, 0.1) is 0 Å². The Hall–Kier alpha value is -2.13. The van der Waals surface area contributed by atoms with Gasteiger partial charge in [-0.15, -0.1) is 0 Å². The Balaban J connectivity index is 2.41. The largest absolute Gasteiger partial charge is 0.434 e. The van der Waals surface area contributed by atoms with Crippen molar-refractivity contribution in [2.75, 3.05) is 6.54 Å². The summed E-state index contributed by atoms with van der Waals surface area (Å²) >= 11 is 5.88. The molecule has 0 spiro atoms. The summed E-state index contributed by atoms with van der Waals surface area (Å²) in [5.74, 6) is -1.09. The van der Waals surface area contributed by atoms with E-state index in [1.807, 2.05) is 0 Å². The van der Waals surface area contributed by atoms with Gasteiger partial charge >= 0.3 is 6.18 Å². The van der Waals surface area contributed by atoms with Crippen molar-refractivity contribution in [1.82, 2.24) is 20.1 Å². The predicted molar refractivity (Wildman–Crippen MR) is 82.0 cm³/mol. The molecule has 0 aliphatic carbocycles. The maximum absolute atomic E-state index is 13.4.